The molecule has 0 bridgehead atoms. The Kier molecular flexibility index (Phi) is 2.73. The topological polar surface area (TPSA) is 56.7 Å². The van der Waals surface area contributed by atoms with E-state index in [1.54, 1.807) is 10.7 Å². The molecule has 100 valence electrons. The lowest BCUT2D eigenvalue weighted by Gasteiger charge is -2.27. The summed E-state index contributed by atoms with van der Waals surface area (Å²) in [5.41, 5.74) is 6.38. The van der Waals surface area contributed by atoms with Crippen LogP contribution in [0.3, 0.4) is 0 Å². The molecule has 2 aromatic rings. The van der Waals surface area contributed by atoms with Gasteiger partial charge in [0.15, 0.2) is 11.6 Å². The summed E-state index contributed by atoms with van der Waals surface area (Å²) < 4.78 is 28.0. The van der Waals surface area contributed by atoms with Gasteiger partial charge in [-0.25, -0.2) is 13.5 Å². The van der Waals surface area contributed by atoms with Crippen LogP contribution in [0.15, 0.2) is 18.2 Å². The molecule has 2 heterocycles. The van der Waals surface area contributed by atoms with Crippen molar-refractivity contribution in [3.05, 3.63) is 41.2 Å². The molecule has 2 unspecified atom stereocenters. The van der Waals surface area contributed by atoms with Crippen LogP contribution in [0.25, 0.3) is 0 Å². The molecular formula is C13H14F2N4. The summed E-state index contributed by atoms with van der Waals surface area (Å²) >= 11 is 0. The minimum atomic E-state index is -0.821. The van der Waals surface area contributed by atoms with Gasteiger partial charge in [0.1, 0.15) is 5.82 Å². The molecule has 6 heteroatoms. The fourth-order valence-corrected chi connectivity index (χ4v) is 2.69. The largest absolute Gasteiger partial charge is 0.366 e. The highest BCUT2D eigenvalue weighted by atomic mass is 19.2. The number of benzene rings is 1. The average molecular weight is 264 g/mol. The van der Waals surface area contributed by atoms with E-state index in [1.165, 1.54) is 12.1 Å². The molecule has 4 nitrogen and oxygen atoms in total. The molecule has 1 aromatic carbocycles. The van der Waals surface area contributed by atoms with Crippen LogP contribution in [-0.4, -0.2) is 14.8 Å². The predicted octanol–water partition coefficient (Wildman–Crippen LogP) is 2.43. The molecule has 0 fully saturated rings. The highest BCUT2D eigenvalue weighted by Gasteiger charge is 2.28. The maximum Gasteiger partial charge on any atom is 0.239 e. The molecule has 2 atom stereocenters. The standard InChI is InChI=1S/C13H14F2N4/c1-7-4-9(6-19-12(7)17-13(16)18-19)8-2-3-10(14)11(15)5-8/h2-3,5,7,9H,4,6H2,1H3,(H2,16,18). The highest BCUT2D eigenvalue weighted by Crippen LogP contribution is 2.35. The van der Waals surface area contributed by atoms with Crippen molar-refractivity contribution in [2.75, 3.05) is 5.73 Å². The number of rotatable bonds is 1. The number of aromatic nitrogens is 3. The first-order valence-electron chi connectivity index (χ1n) is 6.19. The summed E-state index contributed by atoms with van der Waals surface area (Å²) in [6.45, 7) is 2.63. The minimum absolute atomic E-state index is 0.0960. The molecule has 1 aromatic heterocycles. The zero-order chi connectivity index (χ0) is 13.6. The summed E-state index contributed by atoms with van der Waals surface area (Å²) in [6, 6.07) is 4.06. The molecule has 0 amide bonds. The van der Waals surface area contributed by atoms with E-state index >= 15 is 0 Å². The van der Waals surface area contributed by atoms with E-state index in [1.807, 2.05) is 6.92 Å². The van der Waals surface area contributed by atoms with Gasteiger partial charge in [-0.05, 0) is 24.1 Å². The zero-order valence-electron chi connectivity index (χ0n) is 10.5. The maximum absolute atomic E-state index is 13.3. The number of nitrogens with zero attached hydrogens (tertiary/aromatic N) is 3. The second-order valence-electron chi connectivity index (χ2n) is 5.02. The number of anilines is 1. The van der Waals surface area contributed by atoms with E-state index in [4.69, 9.17) is 5.73 Å². The first-order chi connectivity index (χ1) is 9.04. The first kappa shape index (κ1) is 12.1. The van der Waals surface area contributed by atoms with E-state index in [-0.39, 0.29) is 17.8 Å². The maximum atomic E-state index is 13.3. The smallest absolute Gasteiger partial charge is 0.239 e. The van der Waals surface area contributed by atoms with Crippen LogP contribution in [0.2, 0.25) is 0 Å². The molecule has 0 aliphatic carbocycles. The lowest BCUT2D eigenvalue weighted by atomic mass is 9.86. The Morgan fingerprint density at radius 1 is 1.32 bits per heavy atom. The van der Waals surface area contributed by atoms with Crippen molar-refractivity contribution in [3.63, 3.8) is 0 Å². The van der Waals surface area contributed by atoms with Crippen LogP contribution in [0.4, 0.5) is 14.7 Å². The van der Waals surface area contributed by atoms with E-state index in [0.717, 1.165) is 17.8 Å². The Bertz CT molecular complexity index is 623. The Balaban J connectivity index is 1.94. The quantitative estimate of drug-likeness (QED) is 0.860. The first-order valence-corrected chi connectivity index (χ1v) is 6.19. The second-order valence-corrected chi connectivity index (χ2v) is 5.02. The number of nitrogen functional groups attached to an aromatic ring is 1. The van der Waals surface area contributed by atoms with Crippen molar-refractivity contribution in [1.82, 2.24) is 14.8 Å². The fourth-order valence-electron chi connectivity index (χ4n) is 2.69. The van der Waals surface area contributed by atoms with Crippen LogP contribution < -0.4 is 5.73 Å². The Morgan fingerprint density at radius 3 is 2.84 bits per heavy atom. The van der Waals surface area contributed by atoms with Gasteiger partial charge >= 0.3 is 0 Å². The highest BCUT2D eigenvalue weighted by molar-refractivity contribution is 5.25. The van der Waals surface area contributed by atoms with Gasteiger partial charge in [-0.3, -0.25) is 0 Å². The molecule has 0 spiro atoms. The fraction of sp³-hybridized carbons (Fsp3) is 0.385. The molecule has 0 saturated heterocycles. The summed E-state index contributed by atoms with van der Waals surface area (Å²) in [6.07, 6.45) is 0.823. The van der Waals surface area contributed by atoms with Gasteiger partial charge in [-0.2, -0.15) is 4.98 Å². The van der Waals surface area contributed by atoms with Crippen LogP contribution in [-0.2, 0) is 6.54 Å². The number of nitrogens with two attached hydrogens (primary N) is 1. The van der Waals surface area contributed by atoms with Crippen molar-refractivity contribution >= 4 is 5.95 Å². The lowest BCUT2D eigenvalue weighted by molar-refractivity contribution is 0.380. The molecule has 19 heavy (non-hydrogen) atoms. The van der Waals surface area contributed by atoms with Crippen molar-refractivity contribution in [2.24, 2.45) is 0 Å². The monoisotopic (exact) mass is 264 g/mol. The molecule has 0 radical (unpaired) electrons. The SMILES string of the molecule is CC1CC(c2ccc(F)c(F)c2)Cn2nc(N)nc21. The Hall–Kier alpha value is -1.98. The van der Waals surface area contributed by atoms with Gasteiger partial charge in [-0.1, -0.05) is 13.0 Å². The van der Waals surface area contributed by atoms with E-state index in [2.05, 4.69) is 10.1 Å². The van der Waals surface area contributed by atoms with Gasteiger partial charge in [-0.15, -0.1) is 5.10 Å². The van der Waals surface area contributed by atoms with Gasteiger partial charge < -0.3 is 5.73 Å². The molecular weight excluding hydrogens is 250 g/mol. The van der Waals surface area contributed by atoms with Crippen LogP contribution >= 0.6 is 0 Å². The Labute approximate surface area is 109 Å². The van der Waals surface area contributed by atoms with E-state index < -0.39 is 11.6 Å². The molecule has 1 aliphatic rings. The molecule has 0 saturated carbocycles. The van der Waals surface area contributed by atoms with E-state index in [9.17, 15) is 8.78 Å². The van der Waals surface area contributed by atoms with E-state index in [0.29, 0.717) is 6.54 Å². The summed E-state index contributed by atoms with van der Waals surface area (Å²) in [5.74, 6) is -0.230. The third-order valence-electron chi connectivity index (χ3n) is 3.60. The van der Waals surface area contributed by atoms with Crippen LogP contribution in [0.1, 0.15) is 36.6 Å². The molecule has 3 rings (SSSR count). The average Bonchev–Trinajstić information content (AvgIpc) is 2.74. The number of fused-ring (bicyclic) bond motifs is 1. The van der Waals surface area contributed by atoms with Gasteiger partial charge in [0, 0.05) is 18.4 Å². The molecule has 1 aliphatic heterocycles. The van der Waals surface area contributed by atoms with Crippen molar-refractivity contribution in [3.8, 4) is 0 Å². The summed E-state index contributed by atoms with van der Waals surface area (Å²) in [5, 5.41) is 4.13. The third-order valence-corrected chi connectivity index (χ3v) is 3.60. The zero-order valence-corrected chi connectivity index (χ0v) is 10.5. The van der Waals surface area contributed by atoms with Gasteiger partial charge in [0.05, 0.1) is 0 Å². The number of hydrogen-bond acceptors (Lipinski definition) is 3. The van der Waals surface area contributed by atoms with Crippen molar-refractivity contribution in [1.29, 1.82) is 0 Å². The van der Waals surface area contributed by atoms with Gasteiger partial charge in [0.25, 0.3) is 0 Å². The Morgan fingerprint density at radius 2 is 2.11 bits per heavy atom. The third kappa shape index (κ3) is 2.07. The minimum Gasteiger partial charge on any atom is -0.366 e. The van der Waals surface area contributed by atoms with Crippen LogP contribution in [0, 0.1) is 11.6 Å². The van der Waals surface area contributed by atoms with Gasteiger partial charge in [0.2, 0.25) is 5.95 Å². The van der Waals surface area contributed by atoms with Crippen molar-refractivity contribution in [2.45, 2.75) is 31.7 Å². The number of hydrogen-bond donors (Lipinski definition) is 1. The molecule has 2 N–H and O–H groups in total. The lowest BCUT2D eigenvalue weighted by Crippen LogP contribution is -2.22. The normalized spacial score (nSPS) is 22.3. The van der Waals surface area contributed by atoms with Crippen LogP contribution in [0.5, 0.6) is 0 Å². The predicted molar refractivity (Wildman–Crippen MR) is 66.6 cm³/mol. The summed E-state index contributed by atoms with van der Waals surface area (Å²) in [4.78, 5) is 4.19. The number of halogens is 2. The second kappa shape index (κ2) is 4.29. The van der Waals surface area contributed by atoms with Crippen molar-refractivity contribution < 1.29 is 8.78 Å². The summed E-state index contributed by atoms with van der Waals surface area (Å²) in [7, 11) is 0.